The Morgan fingerprint density at radius 2 is 1.74 bits per heavy atom. The second-order valence-electron chi connectivity index (χ2n) is 6.69. The third kappa shape index (κ3) is 4.72. The van der Waals surface area contributed by atoms with E-state index in [1.165, 1.54) is 6.26 Å². The van der Waals surface area contributed by atoms with E-state index in [4.69, 9.17) is 4.74 Å². The average molecular weight is 291 g/mol. The number of rotatable bonds is 6. The molecule has 1 rings (SSSR count). The van der Waals surface area contributed by atoms with Gasteiger partial charge in [-0.2, -0.15) is 0 Å². The van der Waals surface area contributed by atoms with Crippen molar-refractivity contribution in [3.63, 3.8) is 0 Å². The van der Waals surface area contributed by atoms with Crippen LogP contribution in [0.4, 0.5) is 0 Å². The molecule has 19 heavy (non-hydrogen) atoms. The molecule has 114 valence electrons. The maximum atomic E-state index is 11.4. The highest BCUT2D eigenvalue weighted by atomic mass is 32.2. The fourth-order valence-corrected chi connectivity index (χ4v) is 3.71. The number of nitrogens with one attached hydrogen (secondary N) is 1. The predicted molar refractivity (Wildman–Crippen MR) is 79.2 cm³/mol. The van der Waals surface area contributed by atoms with Crippen molar-refractivity contribution in [2.45, 2.75) is 57.6 Å². The monoisotopic (exact) mass is 291 g/mol. The number of hydrogen-bond acceptors (Lipinski definition) is 4. The van der Waals surface area contributed by atoms with Crippen LogP contribution in [0, 0.1) is 5.41 Å². The van der Waals surface area contributed by atoms with E-state index in [1.54, 1.807) is 7.11 Å². The van der Waals surface area contributed by atoms with Gasteiger partial charge in [0.15, 0.2) is 0 Å². The molecule has 1 atom stereocenters. The molecular weight excluding hydrogens is 262 g/mol. The Bertz CT molecular complexity index is 379. The summed E-state index contributed by atoms with van der Waals surface area (Å²) < 4.78 is 28.6. The Hall–Kier alpha value is -0.130. The summed E-state index contributed by atoms with van der Waals surface area (Å²) in [5.74, 6) is 0.215. The first kappa shape index (κ1) is 16.9. The molecule has 0 aromatic heterocycles. The van der Waals surface area contributed by atoms with Crippen LogP contribution >= 0.6 is 0 Å². The fourth-order valence-electron chi connectivity index (χ4n) is 3.05. The molecule has 0 saturated heterocycles. The largest absolute Gasteiger partial charge is 0.377 e. The van der Waals surface area contributed by atoms with Crippen molar-refractivity contribution in [2.75, 3.05) is 26.2 Å². The zero-order valence-electron chi connectivity index (χ0n) is 13.0. The summed E-state index contributed by atoms with van der Waals surface area (Å²) in [5.41, 5.74) is 0.159. The van der Waals surface area contributed by atoms with Crippen molar-refractivity contribution in [2.24, 2.45) is 5.41 Å². The molecule has 0 aliphatic heterocycles. The molecule has 0 radical (unpaired) electrons. The van der Waals surface area contributed by atoms with E-state index in [9.17, 15) is 8.42 Å². The Morgan fingerprint density at radius 3 is 2.11 bits per heavy atom. The highest BCUT2D eigenvalue weighted by Gasteiger charge is 2.43. The molecule has 4 nitrogen and oxygen atoms in total. The summed E-state index contributed by atoms with van der Waals surface area (Å²) in [4.78, 5) is 0. The summed E-state index contributed by atoms with van der Waals surface area (Å²) in [6.45, 7) is 4.58. The van der Waals surface area contributed by atoms with E-state index in [2.05, 4.69) is 19.2 Å². The molecule has 0 heterocycles. The molecule has 1 fully saturated rings. The first-order chi connectivity index (χ1) is 8.64. The number of methoxy groups -OCH3 is 1. The van der Waals surface area contributed by atoms with Crippen molar-refractivity contribution in [1.82, 2.24) is 5.32 Å². The Morgan fingerprint density at radius 1 is 1.21 bits per heavy atom. The van der Waals surface area contributed by atoms with Gasteiger partial charge < -0.3 is 10.1 Å². The molecule has 0 amide bonds. The molecule has 1 aliphatic rings. The quantitative estimate of drug-likeness (QED) is 0.813. The van der Waals surface area contributed by atoms with Gasteiger partial charge in [0.25, 0.3) is 0 Å². The summed E-state index contributed by atoms with van der Waals surface area (Å²) in [6, 6.07) is 0.100. The number of ether oxygens (including phenoxy) is 1. The molecular formula is C14H29NO3S. The maximum absolute atomic E-state index is 11.4. The van der Waals surface area contributed by atoms with Gasteiger partial charge in [0.2, 0.25) is 0 Å². The lowest BCUT2D eigenvalue weighted by Gasteiger charge is -2.47. The second-order valence-corrected chi connectivity index (χ2v) is 8.95. The first-order valence-corrected chi connectivity index (χ1v) is 9.10. The molecule has 1 saturated carbocycles. The average Bonchev–Trinajstić information content (AvgIpc) is 2.30. The highest BCUT2D eigenvalue weighted by molar-refractivity contribution is 7.90. The van der Waals surface area contributed by atoms with E-state index >= 15 is 0 Å². The summed E-state index contributed by atoms with van der Waals surface area (Å²) >= 11 is 0. The van der Waals surface area contributed by atoms with Gasteiger partial charge in [-0.25, -0.2) is 8.42 Å². The lowest BCUT2D eigenvalue weighted by Crippen LogP contribution is -2.54. The Balaban J connectivity index is 2.76. The minimum absolute atomic E-state index is 0.100. The second kappa shape index (κ2) is 6.10. The molecule has 1 aliphatic carbocycles. The van der Waals surface area contributed by atoms with Crippen LogP contribution in [0.2, 0.25) is 0 Å². The fraction of sp³-hybridized carbons (Fsp3) is 1.00. The maximum Gasteiger partial charge on any atom is 0.147 e. The summed E-state index contributed by atoms with van der Waals surface area (Å²) in [5, 5.41) is 3.27. The Kier molecular flexibility index (Phi) is 5.43. The van der Waals surface area contributed by atoms with Gasteiger partial charge in [-0.3, -0.25) is 0 Å². The summed E-state index contributed by atoms with van der Waals surface area (Å²) in [6.07, 6.45) is 6.14. The van der Waals surface area contributed by atoms with Crippen LogP contribution in [-0.2, 0) is 14.6 Å². The van der Waals surface area contributed by atoms with E-state index in [-0.39, 0.29) is 17.4 Å². The van der Waals surface area contributed by atoms with Crippen LogP contribution in [0.25, 0.3) is 0 Å². The van der Waals surface area contributed by atoms with Crippen molar-refractivity contribution < 1.29 is 13.2 Å². The van der Waals surface area contributed by atoms with Crippen LogP contribution < -0.4 is 5.32 Å². The van der Waals surface area contributed by atoms with E-state index in [1.807, 2.05) is 7.05 Å². The third-order valence-electron chi connectivity index (χ3n) is 4.62. The number of likely N-dealkylation sites (N-methyl/N-ethyl adjacent to an activating group) is 1. The molecule has 0 spiro atoms. The molecule has 5 heteroatoms. The van der Waals surface area contributed by atoms with Crippen molar-refractivity contribution in [1.29, 1.82) is 0 Å². The van der Waals surface area contributed by atoms with E-state index in [0.29, 0.717) is 11.8 Å². The predicted octanol–water partition coefficient (Wildman–Crippen LogP) is 1.99. The van der Waals surface area contributed by atoms with Gasteiger partial charge in [0, 0.05) is 19.4 Å². The van der Waals surface area contributed by atoms with Crippen molar-refractivity contribution in [3.05, 3.63) is 0 Å². The van der Waals surface area contributed by atoms with Crippen LogP contribution in [0.15, 0.2) is 0 Å². The van der Waals surface area contributed by atoms with Gasteiger partial charge in [0.05, 0.1) is 11.4 Å². The topological polar surface area (TPSA) is 55.4 Å². The minimum atomic E-state index is -2.92. The van der Waals surface area contributed by atoms with Crippen LogP contribution in [0.5, 0.6) is 0 Å². The lowest BCUT2D eigenvalue weighted by atomic mass is 9.68. The molecule has 0 aromatic rings. The number of hydrogen-bond donors (Lipinski definition) is 1. The van der Waals surface area contributed by atoms with Gasteiger partial charge in [-0.05, 0) is 44.6 Å². The Labute approximate surface area is 118 Å². The van der Waals surface area contributed by atoms with Crippen LogP contribution in [-0.4, -0.2) is 46.2 Å². The molecule has 1 N–H and O–H groups in total. The first-order valence-electron chi connectivity index (χ1n) is 7.04. The molecule has 1 unspecified atom stereocenters. The lowest BCUT2D eigenvalue weighted by molar-refractivity contribution is -0.0853. The standard InChI is InChI=1S/C14H29NO3S/c1-13(2)7-9-14(18-4,10-8-13)12(15-3)6-11-19(5,16)17/h12,15H,6-11H2,1-5H3. The zero-order valence-corrected chi connectivity index (χ0v) is 13.8. The van der Waals surface area contributed by atoms with Crippen LogP contribution in [0.1, 0.15) is 46.0 Å². The van der Waals surface area contributed by atoms with Gasteiger partial charge >= 0.3 is 0 Å². The number of sulfone groups is 1. The normalized spacial score (nSPS) is 24.1. The highest BCUT2D eigenvalue weighted by Crippen LogP contribution is 2.43. The smallest absolute Gasteiger partial charge is 0.147 e. The minimum Gasteiger partial charge on any atom is -0.377 e. The van der Waals surface area contributed by atoms with Gasteiger partial charge in [-0.15, -0.1) is 0 Å². The van der Waals surface area contributed by atoms with E-state index in [0.717, 1.165) is 25.7 Å². The zero-order chi connectivity index (χ0) is 14.7. The van der Waals surface area contributed by atoms with Crippen LogP contribution in [0.3, 0.4) is 0 Å². The third-order valence-corrected chi connectivity index (χ3v) is 5.59. The molecule has 0 bridgehead atoms. The van der Waals surface area contributed by atoms with Crippen molar-refractivity contribution in [3.8, 4) is 0 Å². The van der Waals surface area contributed by atoms with Gasteiger partial charge in [0.1, 0.15) is 9.84 Å². The summed E-state index contributed by atoms with van der Waals surface area (Å²) in [7, 11) is 0.728. The van der Waals surface area contributed by atoms with E-state index < -0.39 is 9.84 Å². The van der Waals surface area contributed by atoms with Gasteiger partial charge in [-0.1, -0.05) is 13.8 Å². The molecule has 0 aromatic carbocycles. The SMILES string of the molecule is CNC(CCS(C)(=O)=O)C1(OC)CCC(C)(C)CC1. The van der Waals surface area contributed by atoms with Crippen molar-refractivity contribution >= 4 is 9.84 Å².